The molecule has 0 radical (unpaired) electrons. The standard InChI is InChI=1S/C15H21ClN2O3/c16-12-3-4-14(13(17)8-12)18-15(19)2-1-6-20-9-11-5-7-21-10-11/h3-4,8,11H,1-2,5-7,9-10,17H2,(H,18,19). The quantitative estimate of drug-likeness (QED) is 0.599. The number of hydrogen-bond donors (Lipinski definition) is 2. The van der Waals surface area contributed by atoms with Crippen molar-refractivity contribution in [3.05, 3.63) is 23.2 Å². The number of benzene rings is 1. The summed E-state index contributed by atoms with van der Waals surface area (Å²) >= 11 is 5.81. The second kappa shape index (κ2) is 8.22. The number of carbonyl (C=O) groups excluding carboxylic acids is 1. The minimum Gasteiger partial charge on any atom is -0.397 e. The number of amides is 1. The van der Waals surface area contributed by atoms with Crippen molar-refractivity contribution in [3.8, 4) is 0 Å². The highest BCUT2D eigenvalue weighted by molar-refractivity contribution is 6.31. The fourth-order valence-corrected chi connectivity index (χ4v) is 2.34. The van der Waals surface area contributed by atoms with E-state index in [1.165, 1.54) is 0 Å². The van der Waals surface area contributed by atoms with Crippen molar-refractivity contribution in [1.29, 1.82) is 0 Å². The molecule has 3 N–H and O–H groups in total. The summed E-state index contributed by atoms with van der Waals surface area (Å²) in [6.45, 7) is 2.92. The van der Waals surface area contributed by atoms with E-state index < -0.39 is 0 Å². The van der Waals surface area contributed by atoms with Crippen LogP contribution in [-0.2, 0) is 14.3 Å². The Morgan fingerprint density at radius 2 is 2.38 bits per heavy atom. The lowest BCUT2D eigenvalue weighted by molar-refractivity contribution is -0.116. The summed E-state index contributed by atoms with van der Waals surface area (Å²) in [7, 11) is 0. The second-order valence-electron chi connectivity index (χ2n) is 5.19. The van der Waals surface area contributed by atoms with Crippen LogP contribution in [0.5, 0.6) is 0 Å². The number of halogens is 1. The summed E-state index contributed by atoms with van der Waals surface area (Å²) in [5.41, 5.74) is 6.84. The molecule has 0 aromatic heterocycles. The molecule has 1 fully saturated rings. The van der Waals surface area contributed by atoms with Crippen LogP contribution in [0.15, 0.2) is 18.2 Å². The molecule has 1 aliphatic heterocycles. The Labute approximate surface area is 129 Å². The average Bonchev–Trinajstić information content (AvgIpc) is 2.95. The lowest BCUT2D eigenvalue weighted by atomic mass is 10.1. The predicted molar refractivity (Wildman–Crippen MR) is 83.5 cm³/mol. The summed E-state index contributed by atoms with van der Waals surface area (Å²) in [6.07, 6.45) is 2.16. The average molecular weight is 313 g/mol. The zero-order valence-corrected chi connectivity index (χ0v) is 12.7. The summed E-state index contributed by atoms with van der Waals surface area (Å²) < 4.78 is 10.8. The molecule has 116 valence electrons. The third-order valence-electron chi connectivity index (χ3n) is 3.36. The molecule has 1 aromatic rings. The fraction of sp³-hybridized carbons (Fsp3) is 0.533. The van der Waals surface area contributed by atoms with E-state index in [0.717, 1.165) is 19.6 Å². The van der Waals surface area contributed by atoms with Crippen LogP contribution in [0.2, 0.25) is 5.02 Å². The molecule has 1 atom stereocenters. The number of rotatable bonds is 7. The van der Waals surface area contributed by atoms with Gasteiger partial charge >= 0.3 is 0 Å². The van der Waals surface area contributed by atoms with E-state index in [1.807, 2.05) is 0 Å². The number of nitrogens with two attached hydrogens (primary N) is 1. The Balaban J connectivity index is 1.60. The highest BCUT2D eigenvalue weighted by Gasteiger charge is 2.15. The zero-order chi connectivity index (χ0) is 15.1. The largest absolute Gasteiger partial charge is 0.397 e. The minimum atomic E-state index is -0.0724. The third kappa shape index (κ3) is 5.53. The van der Waals surface area contributed by atoms with Gasteiger partial charge in [-0.15, -0.1) is 0 Å². The van der Waals surface area contributed by atoms with Gasteiger partial charge in [0.1, 0.15) is 0 Å². The number of carbonyl (C=O) groups is 1. The van der Waals surface area contributed by atoms with Crippen molar-refractivity contribution in [2.75, 3.05) is 37.5 Å². The highest BCUT2D eigenvalue weighted by atomic mass is 35.5. The topological polar surface area (TPSA) is 73.6 Å². The minimum absolute atomic E-state index is 0.0724. The van der Waals surface area contributed by atoms with Gasteiger partial charge in [0.05, 0.1) is 24.6 Å². The Morgan fingerprint density at radius 1 is 1.52 bits per heavy atom. The molecule has 0 aliphatic carbocycles. The highest BCUT2D eigenvalue weighted by Crippen LogP contribution is 2.22. The number of anilines is 2. The van der Waals surface area contributed by atoms with Gasteiger partial charge in [0, 0.05) is 30.6 Å². The molecule has 0 bridgehead atoms. The first kappa shape index (κ1) is 16.1. The molecule has 1 unspecified atom stereocenters. The summed E-state index contributed by atoms with van der Waals surface area (Å²) in [5, 5.41) is 3.32. The maximum Gasteiger partial charge on any atom is 0.224 e. The number of hydrogen-bond acceptors (Lipinski definition) is 4. The van der Waals surface area contributed by atoms with Crippen LogP contribution in [-0.4, -0.2) is 32.3 Å². The summed E-state index contributed by atoms with van der Waals surface area (Å²) in [6, 6.07) is 5.01. The molecular formula is C15H21ClN2O3. The molecule has 21 heavy (non-hydrogen) atoms. The summed E-state index contributed by atoms with van der Waals surface area (Å²) in [4.78, 5) is 11.8. The van der Waals surface area contributed by atoms with Gasteiger partial charge in [-0.1, -0.05) is 11.6 Å². The zero-order valence-electron chi connectivity index (χ0n) is 11.9. The molecular weight excluding hydrogens is 292 g/mol. The Kier molecular flexibility index (Phi) is 6.29. The van der Waals surface area contributed by atoms with E-state index >= 15 is 0 Å². The van der Waals surface area contributed by atoms with Crippen LogP contribution >= 0.6 is 11.6 Å². The lowest BCUT2D eigenvalue weighted by Crippen LogP contribution is -2.14. The van der Waals surface area contributed by atoms with Gasteiger partial charge in [-0.3, -0.25) is 4.79 Å². The SMILES string of the molecule is Nc1cc(Cl)ccc1NC(=O)CCCOCC1CCOC1. The van der Waals surface area contributed by atoms with Gasteiger partial charge in [-0.2, -0.15) is 0 Å². The molecule has 2 rings (SSSR count). The second-order valence-corrected chi connectivity index (χ2v) is 5.62. The van der Waals surface area contributed by atoms with E-state index in [1.54, 1.807) is 18.2 Å². The maximum atomic E-state index is 11.8. The number of ether oxygens (including phenoxy) is 2. The lowest BCUT2D eigenvalue weighted by Gasteiger charge is -2.10. The van der Waals surface area contributed by atoms with Gasteiger partial charge in [0.2, 0.25) is 5.91 Å². The van der Waals surface area contributed by atoms with Crippen LogP contribution in [0.1, 0.15) is 19.3 Å². The van der Waals surface area contributed by atoms with Gasteiger partial charge in [0.25, 0.3) is 0 Å². The first-order chi connectivity index (χ1) is 10.1. The molecule has 1 amide bonds. The fourth-order valence-electron chi connectivity index (χ4n) is 2.16. The van der Waals surface area contributed by atoms with Crippen molar-refractivity contribution < 1.29 is 14.3 Å². The van der Waals surface area contributed by atoms with Crippen LogP contribution in [0.25, 0.3) is 0 Å². The van der Waals surface area contributed by atoms with Crippen LogP contribution in [0.3, 0.4) is 0 Å². The maximum absolute atomic E-state index is 11.8. The monoisotopic (exact) mass is 312 g/mol. The molecule has 0 saturated carbocycles. The molecule has 5 nitrogen and oxygen atoms in total. The molecule has 6 heteroatoms. The normalized spacial score (nSPS) is 17.9. The third-order valence-corrected chi connectivity index (χ3v) is 3.59. The molecule has 1 heterocycles. The van der Waals surface area contributed by atoms with Crippen LogP contribution < -0.4 is 11.1 Å². The van der Waals surface area contributed by atoms with Crippen molar-refractivity contribution in [1.82, 2.24) is 0 Å². The Bertz CT molecular complexity index is 476. The van der Waals surface area contributed by atoms with Crippen LogP contribution in [0, 0.1) is 5.92 Å². The van der Waals surface area contributed by atoms with E-state index in [9.17, 15) is 4.79 Å². The Morgan fingerprint density at radius 3 is 3.10 bits per heavy atom. The van der Waals surface area contributed by atoms with E-state index in [2.05, 4.69) is 5.32 Å². The first-order valence-electron chi connectivity index (χ1n) is 7.15. The molecule has 0 spiro atoms. The molecule has 1 aromatic carbocycles. The predicted octanol–water partition coefficient (Wildman–Crippen LogP) is 2.69. The van der Waals surface area contributed by atoms with Crippen molar-refractivity contribution >= 4 is 28.9 Å². The number of nitrogens with one attached hydrogen (secondary N) is 1. The summed E-state index contributed by atoms with van der Waals surface area (Å²) in [5.74, 6) is 0.435. The van der Waals surface area contributed by atoms with Crippen molar-refractivity contribution in [2.45, 2.75) is 19.3 Å². The van der Waals surface area contributed by atoms with Crippen molar-refractivity contribution in [3.63, 3.8) is 0 Å². The van der Waals surface area contributed by atoms with Crippen molar-refractivity contribution in [2.24, 2.45) is 5.92 Å². The smallest absolute Gasteiger partial charge is 0.224 e. The van der Waals surface area contributed by atoms with Gasteiger partial charge in [-0.05, 0) is 31.0 Å². The van der Waals surface area contributed by atoms with Crippen LogP contribution in [0.4, 0.5) is 11.4 Å². The molecule has 1 saturated heterocycles. The van der Waals surface area contributed by atoms with Gasteiger partial charge in [-0.25, -0.2) is 0 Å². The van der Waals surface area contributed by atoms with Gasteiger partial charge < -0.3 is 20.5 Å². The van der Waals surface area contributed by atoms with E-state index in [4.69, 9.17) is 26.8 Å². The van der Waals surface area contributed by atoms with Gasteiger partial charge in [0.15, 0.2) is 0 Å². The number of nitrogen functional groups attached to an aromatic ring is 1. The first-order valence-corrected chi connectivity index (χ1v) is 7.53. The molecule has 1 aliphatic rings. The Hall–Kier alpha value is -1.30. The van der Waals surface area contributed by atoms with E-state index in [0.29, 0.717) is 48.4 Å². The van der Waals surface area contributed by atoms with E-state index in [-0.39, 0.29) is 5.91 Å².